The number of ketones is 2. The highest BCUT2D eigenvalue weighted by Gasteiger charge is 2.60. The number of Topliss-reactive ketones (excluding diaryl/α,β-unsaturated/α-hetero) is 2. The Bertz CT molecular complexity index is 559. The fraction of sp³-hybridized carbons (Fsp3) is 0.688. The maximum Gasteiger partial charge on any atom is 0.347 e. The van der Waals surface area contributed by atoms with Crippen LogP contribution in [-0.4, -0.2) is 41.0 Å². The van der Waals surface area contributed by atoms with E-state index in [1.165, 1.54) is 6.92 Å². The zero-order chi connectivity index (χ0) is 16.7. The van der Waals surface area contributed by atoms with E-state index in [4.69, 9.17) is 9.47 Å². The van der Waals surface area contributed by atoms with Gasteiger partial charge in [-0.05, 0) is 19.3 Å². The van der Waals surface area contributed by atoms with Crippen LogP contribution < -0.4 is 0 Å². The molecule has 0 aromatic carbocycles. The Kier molecular flexibility index (Phi) is 4.17. The average Bonchev–Trinajstić information content (AvgIpc) is 2.61. The van der Waals surface area contributed by atoms with Gasteiger partial charge in [0.15, 0.2) is 5.78 Å². The number of carbonyl (C=O) groups excluding carboxylic acids is 3. The quantitative estimate of drug-likeness (QED) is 0.787. The van der Waals surface area contributed by atoms with Gasteiger partial charge in [-0.25, -0.2) is 4.79 Å². The maximum absolute atomic E-state index is 12.5. The van der Waals surface area contributed by atoms with E-state index in [2.05, 4.69) is 0 Å². The summed E-state index contributed by atoms with van der Waals surface area (Å²) in [6.07, 6.45) is -0.615. The van der Waals surface area contributed by atoms with E-state index in [0.717, 1.165) is 0 Å². The van der Waals surface area contributed by atoms with Gasteiger partial charge in [-0.15, -0.1) is 0 Å². The molecule has 6 nitrogen and oxygen atoms in total. The maximum atomic E-state index is 12.5. The summed E-state index contributed by atoms with van der Waals surface area (Å²) in [6, 6.07) is 0. The van der Waals surface area contributed by atoms with Crippen LogP contribution in [0.4, 0.5) is 0 Å². The molecule has 0 aromatic heterocycles. The van der Waals surface area contributed by atoms with Crippen LogP contribution in [0, 0.1) is 5.41 Å². The van der Waals surface area contributed by atoms with Crippen molar-refractivity contribution >= 4 is 17.5 Å². The first-order valence-corrected chi connectivity index (χ1v) is 7.44. The molecule has 0 fully saturated rings. The van der Waals surface area contributed by atoms with Gasteiger partial charge in [0.2, 0.25) is 5.60 Å². The highest BCUT2D eigenvalue weighted by molar-refractivity contribution is 6.07. The molecule has 0 saturated heterocycles. The summed E-state index contributed by atoms with van der Waals surface area (Å²) in [5, 5.41) is 10.9. The number of hydrogen-bond acceptors (Lipinski definition) is 6. The van der Waals surface area contributed by atoms with E-state index < -0.39 is 17.7 Å². The predicted molar refractivity (Wildman–Crippen MR) is 76.8 cm³/mol. The van der Waals surface area contributed by atoms with Crippen LogP contribution >= 0.6 is 0 Å². The molecule has 0 spiro atoms. The number of esters is 1. The predicted octanol–water partition coefficient (Wildman–Crippen LogP) is 1.30. The molecule has 0 saturated carbocycles. The number of aliphatic hydroxyl groups is 1. The Morgan fingerprint density at radius 2 is 2.00 bits per heavy atom. The van der Waals surface area contributed by atoms with E-state index in [0.29, 0.717) is 12.2 Å². The highest BCUT2D eigenvalue weighted by atomic mass is 16.6. The van der Waals surface area contributed by atoms with Crippen molar-refractivity contribution in [1.82, 2.24) is 0 Å². The zero-order valence-corrected chi connectivity index (χ0v) is 13.4. The molecule has 0 amide bonds. The van der Waals surface area contributed by atoms with Crippen molar-refractivity contribution in [2.24, 2.45) is 5.41 Å². The standard InChI is InChI=1S/C16H22O6/c1-5-21-14(19)16(20)12(6-9(2)17)22-11-8-15(3,4)7-10(18)13(11)16/h12,20H,5-8H2,1-4H3/t12-,16+/m1/s1. The molecule has 1 aliphatic carbocycles. The van der Waals surface area contributed by atoms with Crippen molar-refractivity contribution < 1.29 is 29.0 Å². The van der Waals surface area contributed by atoms with Crippen molar-refractivity contribution in [3.63, 3.8) is 0 Å². The van der Waals surface area contributed by atoms with Crippen LogP contribution in [0.5, 0.6) is 0 Å². The molecule has 2 rings (SSSR count). The summed E-state index contributed by atoms with van der Waals surface area (Å²) < 4.78 is 10.6. The summed E-state index contributed by atoms with van der Waals surface area (Å²) in [5.41, 5.74) is -2.53. The lowest BCUT2D eigenvalue weighted by Crippen LogP contribution is -2.52. The van der Waals surface area contributed by atoms with E-state index in [9.17, 15) is 19.5 Å². The summed E-state index contributed by atoms with van der Waals surface area (Å²) in [7, 11) is 0. The van der Waals surface area contributed by atoms with Gasteiger partial charge in [0.05, 0.1) is 12.2 Å². The summed E-state index contributed by atoms with van der Waals surface area (Å²) in [5.74, 6) is -1.19. The van der Waals surface area contributed by atoms with Crippen LogP contribution in [0.25, 0.3) is 0 Å². The molecule has 22 heavy (non-hydrogen) atoms. The number of rotatable bonds is 4. The Balaban J connectivity index is 2.47. The van der Waals surface area contributed by atoms with Crippen molar-refractivity contribution in [1.29, 1.82) is 0 Å². The lowest BCUT2D eigenvalue weighted by atomic mass is 9.72. The molecule has 2 aliphatic rings. The minimum Gasteiger partial charge on any atom is -0.490 e. The molecule has 2 atom stereocenters. The number of allylic oxidation sites excluding steroid dienone is 1. The third-order valence-electron chi connectivity index (χ3n) is 4.03. The van der Waals surface area contributed by atoms with Crippen molar-refractivity contribution in [3.8, 4) is 0 Å². The lowest BCUT2D eigenvalue weighted by molar-refractivity contribution is -0.169. The number of carbonyl (C=O) groups is 3. The molecular formula is C16H22O6. The molecule has 1 aliphatic heterocycles. The second-order valence-corrected chi connectivity index (χ2v) is 6.74. The van der Waals surface area contributed by atoms with Crippen LogP contribution in [0.15, 0.2) is 11.3 Å². The second-order valence-electron chi connectivity index (χ2n) is 6.74. The van der Waals surface area contributed by atoms with Crippen LogP contribution in [-0.2, 0) is 23.9 Å². The van der Waals surface area contributed by atoms with Crippen LogP contribution in [0.3, 0.4) is 0 Å². The minimum absolute atomic E-state index is 0.0310. The molecule has 1 N–H and O–H groups in total. The van der Waals surface area contributed by atoms with E-state index in [1.54, 1.807) is 6.92 Å². The molecule has 0 bridgehead atoms. The number of hydrogen-bond donors (Lipinski definition) is 1. The minimum atomic E-state index is -2.19. The lowest BCUT2D eigenvalue weighted by Gasteiger charge is -2.31. The monoisotopic (exact) mass is 310 g/mol. The first-order valence-electron chi connectivity index (χ1n) is 7.44. The highest BCUT2D eigenvalue weighted by Crippen LogP contribution is 2.48. The third-order valence-corrected chi connectivity index (χ3v) is 4.03. The first kappa shape index (κ1) is 16.7. The Labute approximate surface area is 129 Å². The van der Waals surface area contributed by atoms with E-state index in [-0.39, 0.29) is 42.0 Å². The number of ether oxygens (including phenoxy) is 2. The second kappa shape index (κ2) is 5.50. The topological polar surface area (TPSA) is 89.9 Å². The molecule has 0 unspecified atom stereocenters. The largest absolute Gasteiger partial charge is 0.490 e. The molecule has 0 radical (unpaired) electrons. The van der Waals surface area contributed by atoms with Crippen molar-refractivity contribution in [2.45, 2.75) is 58.7 Å². The normalized spacial score (nSPS) is 29.9. The van der Waals surface area contributed by atoms with Gasteiger partial charge < -0.3 is 14.6 Å². The molecular weight excluding hydrogens is 288 g/mol. The van der Waals surface area contributed by atoms with Crippen LogP contribution in [0.2, 0.25) is 0 Å². The smallest absolute Gasteiger partial charge is 0.347 e. The van der Waals surface area contributed by atoms with Crippen LogP contribution in [0.1, 0.15) is 47.0 Å². The Morgan fingerprint density at radius 1 is 1.36 bits per heavy atom. The fourth-order valence-corrected chi connectivity index (χ4v) is 3.13. The van der Waals surface area contributed by atoms with Gasteiger partial charge in [-0.3, -0.25) is 9.59 Å². The fourth-order valence-electron chi connectivity index (χ4n) is 3.13. The third kappa shape index (κ3) is 2.67. The molecule has 6 heteroatoms. The van der Waals surface area contributed by atoms with Gasteiger partial charge in [0.1, 0.15) is 17.6 Å². The molecule has 1 heterocycles. The summed E-state index contributed by atoms with van der Waals surface area (Å²) >= 11 is 0. The molecule has 0 aromatic rings. The van der Waals surface area contributed by atoms with Gasteiger partial charge in [-0.2, -0.15) is 0 Å². The summed E-state index contributed by atoms with van der Waals surface area (Å²) in [4.78, 5) is 36.2. The summed E-state index contributed by atoms with van der Waals surface area (Å²) in [6.45, 7) is 6.85. The van der Waals surface area contributed by atoms with Gasteiger partial charge in [0.25, 0.3) is 0 Å². The van der Waals surface area contributed by atoms with E-state index >= 15 is 0 Å². The van der Waals surface area contributed by atoms with Gasteiger partial charge in [0, 0.05) is 19.3 Å². The van der Waals surface area contributed by atoms with Gasteiger partial charge in [-0.1, -0.05) is 13.8 Å². The SMILES string of the molecule is CCOC(=O)[C@@]1(O)C2=C(CC(C)(C)CC2=O)O[C@@H]1CC(C)=O. The Hall–Kier alpha value is -1.69. The van der Waals surface area contributed by atoms with Crippen molar-refractivity contribution in [2.75, 3.05) is 6.61 Å². The molecule has 122 valence electrons. The average molecular weight is 310 g/mol. The van der Waals surface area contributed by atoms with E-state index in [1.807, 2.05) is 13.8 Å². The zero-order valence-electron chi connectivity index (χ0n) is 13.4. The Morgan fingerprint density at radius 3 is 2.55 bits per heavy atom. The van der Waals surface area contributed by atoms with Crippen molar-refractivity contribution in [3.05, 3.63) is 11.3 Å². The first-order chi connectivity index (χ1) is 10.1. The van der Waals surface area contributed by atoms with Gasteiger partial charge >= 0.3 is 5.97 Å².